The van der Waals surface area contributed by atoms with Gasteiger partial charge in [-0.2, -0.15) is 5.10 Å². The fourth-order valence-electron chi connectivity index (χ4n) is 2.60. The van der Waals surface area contributed by atoms with Gasteiger partial charge in [-0.1, -0.05) is 42.5 Å². The lowest BCUT2D eigenvalue weighted by atomic mass is 9.74. The lowest BCUT2D eigenvalue weighted by Gasteiger charge is -2.31. The van der Waals surface area contributed by atoms with Crippen LogP contribution < -0.4 is 10.7 Å². The van der Waals surface area contributed by atoms with Gasteiger partial charge in [0.15, 0.2) is 5.11 Å². The monoisotopic (exact) mass is 271 g/mol. The van der Waals surface area contributed by atoms with Gasteiger partial charge in [0, 0.05) is 18.2 Å². The Bertz CT molecular complexity index is 521. The highest BCUT2D eigenvalue weighted by Gasteiger charge is 2.37. The first-order chi connectivity index (χ1) is 9.33. The van der Waals surface area contributed by atoms with Crippen LogP contribution in [0.3, 0.4) is 0 Å². The van der Waals surface area contributed by atoms with Crippen LogP contribution in [0, 0.1) is 11.8 Å². The smallest absolute Gasteiger partial charge is 0.187 e. The number of hydrazone groups is 1. The van der Waals surface area contributed by atoms with Crippen LogP contribution in [-0.2, 0) is 6.54 Å². The van der Waals surface area contributed by atoms with Gasteiger partial charge in [0.1, 0.15) is 0 Å². The topological polar surface area (TPSA) is 36.4 Å². The van der Waals surface area contributed by atoms with E-state index in [0.29, 0.717) is 11.0 Å². The van der Waals surface area contributed by atoms with Crippen LogP contribution in [0.4, 0.5) is 0 Å². The number of rotatable bonds is 3. The van der Waals surface area contributed by atoms with E-state index in [4.69, 9.17) is 12.2 Å². The van der Waals surface area contributed by atoms with Crippen molar-refractivity contribution in [1.82, 2.24) is 10.7 Å². The lowest BCUT2D eigenvalue weighted by molar-refractivity contribution is 0.444. The predicted octanol–water partition coefficient (Wildman–Crippen LogP) is 2.60. The minimum absolute atomic E-state index is 0.560. The molecule has 98 valence electrons. The van der Waals surface area contributed by atoms with Gasteiger partial charge in [-0.15, -0.1) is 0 Å². The van der Waals surface area contributed by atoms with Gasteiger partial charge in [-0.25, -0.2) is 0 Å². The average molecular weight is 271 g/mol. The molecule has 0 amide bonds. The third kappa shape index (κ3) is 2.84. The largest absolute Gasteiger partial charge is 0.357 e. The van der Waals surface area contributed by atoms with Crippen molar-refractivity contribution in [3.8, 4) is 0 Å². The molecular weight excluding hydrogens is 254 g/mol. The molecular formula is C15H17N3S. The van der Waals surface area contributed by atoms with Crippen molar-refractivity contribution in [2.75, 3.05) is 0 Å². The SMILES string of the molecule is S=C(NCc1ccccc1)N/N=C1\CC2CC=CC12. The van der Waals surface area contributed by atoms with Gasteiger partial charge < -0.3 is 5.32 Å². The Labute approximate surface area is 118 Å². The van der Waals surface area contributed by atoms with Crippen LogP contribution in [0.15, 0.2) is 47.6 Å². The maximum atomic E-state index is 5.22. The van der Waals surface area contributed by atoms with E-state index in [-0.39, 0.29) is 0 Å². The van der Waals surface area contributed by atoms with Crippen LogP contribution >= 0.6 is 12.2 Å². The molecule has 2 atom stereocenters. The summed E-state index contributed by atoms with van der Waals surface area (Å²) in [5.74, 6) is 1.36. The third-order valence-corrected chi connectivity index (χ3v) is 3.98. The fraction of sp³-hybridized carbons (Fsp3) is 0.333. The highest BCUT2D eigenvalue weighted by atomic mass is 32.1. The Morgan fingerprint density at radius 3 is 2.95 bits per heavy atom. The molecule has 0 aromatic heterocycles. The lowest BCUT2D eigenvalue weighted by Crippen LogP contribution is -2.38. The van der Waals surface area contributed by atoms with Gasteiger partial charge >= 0.3 is 0 Å². The molecule has 0 saturated heterocycles. The van der Waals surface area contributed by atoms with Crippen molar-refractivity contribution >= 4 is 23.0 Å². The van der Waals surface area contributed by atoms with E-state index >= 15 is 0 Å². The Balaban J connectivity index is 1.45. The Morgan fingerprint density at radius 2 is 2.16 bits per heavy atom. The maximum Gasteiger partial charge on any atom is 0.187 e. The molecule has 3 nitrogen and oxygen atoms in total. The molecule has 2 aliphatic rings. The highest BCUT2D eigenvalue weighted by Crippen LogP contribution is 2.40. The van der Waals surface area contributed by atoms with Gasteiger partial charge in [0.25, 0.3) is 0 Å². The summed E-state index contributed by atoms with van der Waals surface area (Å²) in [6.45, 7) is 0.726. The van der Waals surface area contributed by atoms with Gasteiger partial charge in [-0.05, 0) is 36.5 Å². The van der Waals surface area contributed by atoms with E-state index in [0.717, 1.165) is 18.9 Å². The third-order valence-electron chi connectivity index (χ3n) is 3.74. The minimum Gasteiger partial charge on any atom is -0.357 e. The number of allylic oxidation sites excluding steroid dienone is 2. The van der Waals surface area contributed by atoms with Crippen LogP contribution in [-0.4, -0.2) is 10.8 Å². The van der Waals surface area contributed by atoms with E-state index in [1.165, 1.54) is 17.7 Å². The second-order valence-corrected chi connectivity index (χ2v) is 5.45. The molecule has 4 heteroatoms. The molecule has 0 radical (unpaired) electrons. The zero-order valence-electron chi connectivity index (χ0n) is 10.7. The predicted molar refractivity (Wildman–Crippen MR) is 81.8 cm³/mol. The van der Waals surface area contributed by atoms with E-state index in [2.05, 4.69) is 40.1 Å². The molecule has 2 N–H and O–H groups in total. The van der Waals surface area contributed by atoms with E-state index in [1.54, 1.807) is 0 Å². The number of thiocarbonyl (C=S) groups is 1. The maximum absolute atomic E-state index is 5.22. The number of fused-ring (bicyclic) bond motifs is 1. The second kappa shape index (κ2) is 5.53. The van der Waals surface area contributed by atoms with Crippen molar-refractivity contribution in [3.05, 3.63) is 48.0 Å². The highest BCUT2D eigenvalue weighted by molar-refractivity contribution is 7.80. The zero-order valence-corrected chi connectivity index (χ0v) is 11.5. The molecule has 0 spiro atoms. The molecule has 3 rings (SSSR count). The normalized spacial score (nSPS) is 25.8. The van der Waals surface area contributed by atoms with Crippen molar-refractivity contribution in [2.24, 2.45) is 16.9 Å². The number of nitrogens with zero attached hydrogens (tertiary/aromatic N) is 1. The quantitative estimate of drug-likeness (QED) is 0.504. The number of hydrogen-bond donors (Lipinski definition) is 2. The summed E-state index contributed by atoms with van der Waals surface area (Å²) >= 11 is 5.22. The Morgan fingerprint density at radius 1 is 1.32 bits per heavy atom. The molecule has 1 saturated carbocycles. The Kier molecular flexibility index (Phi) is 3.60. The van der Waals surface area contributed by atoms with Crippen molar-refractivity contribution in [1.29, 1.82) is 0 Å². The average Bonchev–Trinajstić information content (AvgIpc) is 2.79. The first-order valence-corrected chi connectivity index (χ1v) is 7.04. The number of nitrogens with one attached hydrogen (secondary N) is 2. The number of benzene rings is 1. The summed E-state index contributed by atoms with van der Waals surface area (Å²) in [5.41, 5.74) is 5.38. The standard InChI is InChI=1S/C15H17N3S/c19-15(16-10-11-5-2-1-3-6-11)18-17-14-9-12-7-4-8-13(12)14/h1-6,8,12-13H,7,9-10H2,(H2,16,18,19)/b17-14+. The van der Waals surface area contributed by atoms with Crippen LogP contribution in [0.1, 0.15) is 18.4 Å². The first kappa shape index (κ1) is 12.4. The molecule has 2 aliphatic carbocycles. The van der Waals surface area contributed by atoms with Crippen LogP contribution in [0.2, 0.25) is 0 Å². The van der Waals surface area contributed by atoms with Crippen molar-refractivity contribution in [2.45, 2.75) is 19.4 Å². The van der Waals surface area contributed by atoms with E-state index in [1.807, 2.05) is 18.2 Å². The van der Waals surface area contributed by atoms with Crippen LogP contribution in [0.25, 0.3) is 0 Å². The van der Waals surface area contributed by atoms with E-state index < -0.39 is 0 Å². The zero-order chi connectivity index (χ0) is 13.1. The molecule has 1 aromatic carbocycles. The summed E-state index contributed by atoms with van der Waals surface area (Å²) in [4.78, 5) is 0. The number of hydrogen-bond acceptors (Lipinski definition) is 2. The molecule has 1 fully saturated rings. The van der Waals surface area contributed by atoms with Gasteiger partial charge in [-0.3, -0.25) is 5.43 Å². The summed E-state index contributed by atoms with van der Waals surface area (Å²) < 4.78 is 0. The summed E-state index contributed by atoms with van der Waals surface area (Å²) in [5, 5.41) is 8.14. The molecule has 1 aromatic rings. The molecule has 2 unspecified atom stereocenters. The fourth-order valence-corrected chi connectivity index (χ4v) is 2.72. The summed E-state index contributed by atoms with van der Waals surface area (Å²) in [7, 11) is 0. The van der Waals surface area contributed by atoms with Crippen molar-refractivity contribution < 1.29 is 0 Å². The van der Waals surface area contributed by atoms with Gasteiger partial charge in [0.2, 0.25) is 0 Å². The first-order valence-electron chi connectivity index (χ1n) is 6.64. The molecule has 0 aliphatic heterocycles. The van der Waals surface area contributed by atoms with Crippen molar-refractivity contribution in [3.63, 3.8) is 0 Å². The van der Waals surface area contributed by atoms with E-state index in [9.17, 15) is 0 Å². The molecule has 0 heterocycles. The van der Waals surface area contributed by atoms with Gasteiger partial charge in [0.05, 0.1) is 0 Å². The molecule has 19 heavy (non-hydrogen) atoms. The minimum atomic E-state index is 0.560. The second-order valence-electron chi connectivity index (χ2n) is 5.04. The Hall–Kier alpha value is -1.68. The van der Waals surface area contributed by atoms with Crippen LogP contribution in [0.5, 0.6) is 0 Å². The summed E-state index contributed by atoms with van der Waals surface area (Å²) in [6, 6.07) is 10.2. The summed E-state index contributed by atoms with van der Waals surface area (Å²) in [6.07, 6.45) is 6.82. The molecule has 0 bridgehead atoms.